The molecular formula is C15H17N3O2. The Kier molecular flexibility index (Phi) is 3.20. The first-order valence-corrected chi connectivity index (χ1v) is 6.62. The number of benzene rings is 1. The van der Waals surface area contributed by atoms with Crippen LogP contribution in [0.1, 0.15) is 29.9 Å². The minimum atomic E-state index is -0.177. The summed E-state index contributed by atoms with van der Waals surface area (Å²) in [5.74, 6) is 0.952. The van der Waals surface area contributed by atoms with Crippen LogP contribution in [0.3, 0.4) is 0 Å². The average molecular weight is 271 g/mol. The Morgan fingerprint density at radius 1 is 1.25 bits per heavy atom. The molecule has 0 aliphatic carbocycles. The van der Waals surface area contributed by atoms with Crippen LogP contribution in [0.4, 0.5) is 0 Å². The first-order valence-electron chi connectivity index (χ1n) is 6.62. The monoisotopic (exact) mass is 271 g/mol. The summed E-state index contributed by atoms with van der Waals surface area (Å²) in [6.45, 7) is 4.80. The smallest absolute Gasteiger partial charge is 0.323 e. The van der Waals surface area contributed by atoms with Crippen molar-refractivity contribution in [2.75, 3.05) is 0 Å². The Bertz CT molecular complexity index is 782. The molecule has 3 N–H and O–H groups in total. The number of furan rings is 1. The zero-order valence-corrected chi connectivity index (χ0v) is 11.5. The van der Waals surface area contributed by atoms with Gasteiger partial charge in [-0.3, -0.25) is 0 Å². The Labute approximate surface area is 116 Å². The predicted octanol–water partition coefficient (Wildman–Crippen LogP) is 2.61. The standard InChI is InChI=1S/C15H17N3O2/c1-9-5-6-20-14(9)8-16-10(2)11-3-4-12-13(7-11)18-15(19)17-12/h3-7,10,16H,8H2,1-2H3,(H2,17,18,19). The molecule has 1 unspecified atom stereocenters. The number of hydrogen-bond acceptors (Lipinski definition) is 3. The van der Waals surface area contributed by atoms with Crippen molar-refractivity contribution < 1.29 is 4.42 Å². The van der Waals surface area contributed by atoms with Crippen molar-refractivity contribution in [2.24, 2.45) is 0 Å². The molecule has 0 fully saturated rings. The van der Waals surface area contributed by atoms with Crippen LogP contribution in [0, 0.1) is 6.92 Å². The molecule has 1 aromatic carbocycles. The van der Waals surface area contributed by atoms with Crippen LogP contribution in [0.25, 0.3) is 11.0 Å². The van der Waals surface area contributed by atoms with Gasteiger partial charge in [0.15, 0.2) is 0 Å². The van der Waals surface area contributed by atoms with Gasteiger partial charge in [0.05, 0.1) is 23.8 Å². The molecule has 0 amide bonds. The van der Waals surface area contributed by atoms with Crippen molar-refractivity contribution in [3.8, 4) is 0 Å². The number of fused-ring (bicyclic) bond motifs is 1. The van der Waals surface area contributed by atoms with Crippen molar-refractivity contribution in [2.45, 2.75) is 26.4 Å². The highest BCUT2D eigenvalue weighted by atomic mass is 16.3. The van der Waals surface area contributed by atoms with Gasteiger partial charge in [-0.1, -0.05) is 6.07 Å². The van der Waals surface area contributed by atoms with E-state index in [4.69, 9.17) is 4.42 Å². The zero-order valence-electron chi connectivity index (χ0n) is 11.5. The summed E-state index contributed by atoms with van der Waals surface area (Å²) < 4.78 is 5.41. The van der Waals surface area contributed by atoms with Gasteiger partial charge in [0.2, 0.25) is 0 Å². The van der Waals surface area contributed by atoms with E-state index in [9.17, 15) is 4.79 Å². The lowest BCUT2D eigenvalue weighted by Gasteiger charge is -2.13. The van der Waals surface area contributed by atoms with Crippen LogP contribution >= 0.6 is 0 Å². The molecule has 5 nitrogen and oxygen atoms in total. The van der Waals surface area contributed by atoms with E-state index in [1.54, 1.807) is 6.26 Å². The van der Waals surface area contributed by atoms with Crippen LogP contribution in [0.2, 0.25) is 0 Å². The van der Waals surface area contributed by atoms with Crippen molar-refractivity contribution in [3.05, 3.63) is 57.9 Å². The Balaban J connectivity index is 1.76. The van der Waals surface area contributed by atoms with Gasteiger partial charge < -0.3 is 19.7 Å². The number of nitrogens with one attached hydrogen (secondary N) is 3. The van der Waals surface area contributed by atoms with Crippen LogP contribution < -0.4 is 11.0 Å². The zero-order chi connectivity index (χ0) is 14.1. The molecule has 1 atom stereocenters. The molecule has 0 radical (unpaired) electrons. The molecule has 0 aliphatic heterocycles. The number of aromatic nitrogens is 2. The molecule has 20 heavy (non-hydrogen) atoms. The van der Waals surface area contributed by atoms with Crippen molar-refractivity contribution in [3.63, 3.8) is 0 Å². The molecule has 0 spiro atoms. The third kappa shape index (κ3) is 2.40. The van der Waals surface area contributed by atoms with Gasteiger partial charge in [0, 0.05) is 6.04 Å². The highest BCUT2D eigenvalue weighted by molar-refractivity contribution is 5.75. The Hall–Kier alpha value is -2.27. The minimum absolute atomic E-state index is 0.169. The molecule has 0 aliphatic rings. The van der Waals surface area contributed by atoms with Gasteiger partial charge in [-0.15, -0.1) is 0 Å². The van der Waals surface area contributed by atoms with E-state index in [1.165, 1.54) is 0 Å². The molecular weight excluding hydrogens is 254 g/mol. The number of imidazole rings is 1. The maximum atomic E-state index is 11.2. The van der Waals surface area contributed by atoms with Gasteiger partial charge in [-0.05, 0) is 43.2 Å². The fourth-order valence-electron chi connectivity index (χ4n) is 2.27. The normalized spacial score (nSPS) is 12.9. The molecule has 2 aromatic heterocycles. The highest BCUT2D eigenvalue weighted by Crippen LogP contribution is 2.18. The molecule has 5 heteroatoms. The largest absolute Gasteiger partial charge is 0.468 e. The molecule has 0 saturated heterocycles. The lowest BCUT2D eigenvalue weighted by atomic mass is 10.1. The molecule has 104 valence electrons. The average Bonchev–Trinajstić information content (AvgIpc) is 2.99. The van der Waals surface area contributed by atoms with Gasteiger partial charge in [-0.2, -0.15) is 0 Å². The first-order chi connectivity index (χ1) is 9.63. The van der Waals surface area contributed by atoms with E-state index in [0.717, 1.165) is 27.9 Å². The number of rotatable bonds is 4. The third-order valence-corrected chi connectivity index (χ3v) is 3.58. The highest BCUT2D eigenvalue weighted by Gasteiger charge is 2.09. The van der Waals surface area contributed by atoms with Gasteiger partial charge >= 0.3 is 5.69 Å². The molecule has 3 rings (SSSR count). The number of aryl methyl sites for hydroxylation is 1. The van der Waals surface area contributed by atoms with Gasteiger partial charge in [0.25, 0.3) is 0 Å². The third-order valence-electron chi connectivity index (χ3n) is 3.58. The minimum Gasteiger partial charge on any atom is -0.468 e. The number of aromatic amines is 2. The van der Waals surface area contributed by atoms with Crippen LogP contribution in [-0.2, 0) is 6.54 Å². The summed E-state index contributed by atoms with van der Waals surface area (Å²) in [5.41, 5.74) is 3.75. The van der Waals surface area contributed by atoms with E-state index >= 15 is 0 Å². The molecule has 0 saturated carbocycles. The van der Waals surface area contributed by atoms with Crippen molar-refractivity contribution >= 4 is 11.0 Å². The van der Waals surface area contributed by atoms with E-state index in [-0.39, 0.29) is 11.7 Å². The quantitative estimate of drug-likeness (QED) is 0.683. The van der Waals surface area contributed by atoms with Crippen LogP contribution in [-0.4, -0.2) is 9.97 Å². The maximum Gasteiger partial charge on any atom is 0.323 e. The van der Waals surface area contributed by atoms with E-state index in [2.05, 4.69) is 22.2 Å². The van der Waals surface area contributed by atoms with Gasteiger partial charge in [-0.25, -0.2) is 4.79 Å². The first kappa shape index (κ1) is 12.7. The summed E-state index contributed by atoms with van der Waals surface area (Å²) >= 11 is 0. The summed E-state index contributed by atoms with van der Waals surface area (Å²) in [6, 6.07) is 8.04. The fourth-order valence-corrected chi connectivity index (χ4v) is 2.27. The second-order valence-corrected chi connectivity index (χ2v) is 5.01. The molecule has 3 aromatic rings. The fraction of sp³-hybridized carbons (Fsp3) is 0.267. The topological polar surface area (TPSA) is 73.8 Å². The van der Waals surface area contributed by atoms with E-state index in [1.807, 2.05) is 31.2 Å². The second kappa shape index (κ2) is 5.02. The Morgan fingerprint density at radius 3 is 2.80 bits per heavy atom. The summed E-state index contributed by atoms with van der Waals surface area (Å²) in [4.78, 5) is 16.8. The number of H-pyrrole nitrogens is 2. The number of hydrogen-bond donors (Lipinski definition) is 3. The maximum absolute atomic E-state index is 11.2. The SMILES string of the molecule is Cc1ccoc1CNC(C)c1ccc2[nH]c(=O)[nH]c2c1. The lowest BCUT2D eigenvalue weighted by molar-refractivity contribution is 0.458. The molecule has 0 bridgehead atoms. The lowest BCUT2D eigenvalue weighted by Crippen LogP contribution is -2.18. The van der Waals surface area contributed by atoms with Crippen LogP contribution in [0.15, 0.2) is 39.7 Å². The predicted molar refractivity (Wildman–Crippen MR) is 77.6 cm³/mol. The summed E-state index contributed by atoms with van der Waals surface area (Å²) in [5, 5.41) is 3.42. The second-order valence-electron chi connectivity index (χ2n) is 5.01. The molecule has 2 heterocycles. The summed E-state index contributed by atoms with van der Waals surface area (Å²) in [7, 11) is 0. The van der Waals surface area contributed by atoms with Crippen LogP contribution in [0.5, 0.6) is 0 Å². The van der Waals surface area contributed by atoms with E-state index < -0.39 is 0 Å². The van der Waals surface area contributed by atoms with Crippen molar-refractivity contribution in [1.29, 1.82) is 0 Å². The Morgan fingerprint density at radius 2 is 2.05 bits per heavy atom. The van der Waals surface area contributed by atoms with Crippen molar-refractivity contribution in [1.82, 2.24) is 15.3 Å². The van der Waals surface area contributed by atoms with E-state index in [0.29, 0.717) is 6.54 Å². The van der Waals surface area contributed by atoms with Gasteiger partial charge in [0.1, 0.15) is 5.76 Å². The summed E-state index contributed by atoms with van der Waals surface area (Å²) in [6.07, 6.45) is 1.70.